The van der Waals surface area contributed by atoms with E-state index in [4.69, 9.17) is 15.2 Å². The van der Waals surface area contributed by atoms with Crippen LogP contribution in [0.25, 0.3) is 0 Å². The fourth-order valence-electron chi connectivity index (χ4n) is 0.913. The summed E-state index contributed by atoms with van der Waals surface area (Å²) in [5.41, 5.74) is 5.94. The molecule has 1 unspecified atom stereocenters. The number of rotatable bonds is 7. The summed E-state index contributed by atoms with van der Waals surface area (Å²) in [6.07, 6.45) is 3.09. The standard InChI is InChI=1S/C10H18N2O2/c1-5-12-8(2)6-10(13-4)9(3)14-7-11/h5-6,9,12H,1-2,7,11H2,3-4H3/b10-6+. The Bertz CT molecular complexity index is 224. The number of nitrogens with two attached hydrogens (primary N) is 1. The van der Waals surface area contributed by atoms with E-state index in [0.717, 1.165) is 0 Å². The van der Waals surface area contributed by atoms with Gasteiger partial charge >= 0.3 is 0 Å². The van der Waals surface area contributed by atoms with E-state index in [9.17, 15) is 0 Å². The highest BCUT2D eigenvalue weighted by Gasteiger charge is 2.08. The van der Waals surface area contributed by atoms with E-state index < -0.39 is 0 Å². The summed E-state index contributed by atoms with van der Waals surface area (Å²) in [6.45, 7) is 9.28. The summed E-state index contributed by atoms with van der Waals surface area (Å²) in [5.74, 6) is 0.662. The zero-order valence-electron chi connectivity index (χ0n) is 8.75. The number of nitrogens with one attached hydrogen (secondary N) is 1. The molecule has 0 aromatic heterocycles. The topological polar surface area (TPSA) is 56.5 Å². The van der Waals surface area contributed by atoms with Crippen LogP contribution in [0, 0.1) is 0 Å². The highest BCUT2D eigenvalue weighted by Crippen LogP contribution is 2.08. The lowest BCUT2D eigenvalue weighted by Gasteiger charge is -2.15. The number of hydrogen-bond acceptors (Lipinski definition) is 4. The van der Waals surface area contributed by atoms with Crippen molar-refractivity contribution in [3.63, 3.8) is 0 Å². The minimum Gasteiger partial charge on any atom is -0.498 e. The summed E-state index contributed by atoms with van der Waals surface area (Å²) >= 11 is 0. The van der Waals surface area contributed by atoms with Crippen LogP contribution in [0.15, 0.2) is 36.9 Å². The Balaban J connectivity index is 4.36. The van der Waals surface area contributed by atoms with E-state index in [2.05, 4.69) is 18.5 Å². The molecule has 0 spiro atoms. The van der Waals surface area contributed by atoms with Crippen molar-refractivity contribution < 1.29 is 9.47 Å². The molecule has 80 valence electrons. The minimum absolute atomic E-state index is 0.156. The zero-order valence-corrected chi connectivity index (χ0v) is 8.75. The first-order chi connectivity index (χ1) is 6.65. The van der Waals surface area contributed by atoms with E-state index in [0.29, 0.717) is 11.5 Å². The first kappa shape index (κ1) is 12.7. The van der Waals surface area contributed by atoms with Crippen LogP contribution in [0.4, 0.5) is 0 Å². The Morgan fingerprint density at radius 3 is 2.71 bits per heavy atom. The minimum atomic E-state index is -0.187. The molecule has 0 rings (SSSR count). The first-order valence-corrected chi connectivity index (χ1v) is 4.29. The van der Waals surface area contributed by atoms with Crippen LogP contribution in [0.2, 0.25) is 0 Å². The molecule has 4 heteroatoms. The molecule has 14 heavy (non-hydrogen) atoms. The summed E-state index contributed by atoms with van der Waals surface area (Å²) in [7, 11) is 1.57. The van der Waals surface area contributed by atoms with Gasteiger partial charge in [-0.25, -0.2) is 0 Å². The van der Waals surface area contributed by atoms with Crippen molar-refractivity contribution in [2.45, 2.75) is 13.0 Å². The van der Waals surface area contributed by atoms with Gasteiger partial charge in [0, 0.05) is 11.8 Å². The van der Waals surface area contributed by atoms with Gasteiger partial charge in [0.15, 0.2) is 0 Å². The Hall–Kier alpha value is -1.26. The second kappa shape index (κ2) is 7.17. The number of allylic oxidation sites excluding steroid dienone is 1. The second-order valence-electron chi connectivity index (χ2n) is 2.60. The van der Waals surface area contributed by atoms with Gasteiger partial charge < -0.3 is 20.5 Å². The maximum Gasteiger partial charge on any atom is 0.126 e. The molecule has 0 fully saturated rings. The van der Waals surface area contributed by atoms with Crippen molar-refractivity contribution in [2.24, 2.45) is 5.73 Å². The van der Waals surface area contributed by atoms with Crippen molar-refractivity contribution in [3.8, 4) is 0 Å². The Morgan fingerprint density at radius 1 is 1.64 bits per heavy atom. The van der Waals surface area contributed by atoms with Crippen LogP contribution in [0.1, 0.15) is 6.92 Å². The number of methoxy groups -OCH3 is 1. The molecular formula is C10H18N2O2. The molecule has 0 amide bonds. The summed E-state index contributed by atoms with van der Waals surface area (Å²) in [5, 5.41) is 2.83. The predicted molar refractivity (Wildman–Crippen MR) is 57.2 cm³/mol. The lowest BCUT2D eigenvalue weighted by molar-refractivity contribution is 0.0549. The molecule has 0 aliphatic heterocycles. The molecule has 3 N–H and O–H groups in total. The van der Waals surface area contributed by atoms with Crippen molar-refractivity contribution >= 4 is 0 Å². The van der Waals surface area contributed by atoms with Crippen LogP contribution < -0.4 is 11.1 Å². The van der Waals surface area contributed by atoms with E-state index in [1.54, 1.807) is 19.4 Å². The van der Waals surface area contributed by atoms with Crippen LogP contribution in [-0.2, 0) is 9.47 Å². The Kier molecular flexibility index (Phi) is 6.53. The normalized spacial score (nSPS) is 13.2. The molecule has 0 aliphatic carbocycles. The van der Waals surface area contributed by atoms with Gasteiger partial charge in [-0.2, -0.15) is 0 Å². The molecule has 0 saturated carbocycles. The summed E-state index contributed by atoms with van der Waals surface area (Å²) in [4.78, 5) is 0. The highest BCUT2D eigenvalue weighted by atomic mass is 16.5. The molecule has 1 atom stereocenters. The SMILES string of the molecule is C=CNC(=C)/C=C(/OC)C(C)OCN. The average Bonchev–Trinajstić information content (AvgIpc) is 2.15. The van der Waals surface area contributed by atoms with Crippen molar-refractivity contribution in [3.05, 3.63) is 36.9 Å². The average molecular weight is 198 g/mol. The van der Waals surface area contributed by atoms with Gasteiger partial charge in [-0.1, -0.05) is 13.2 Å². The summed E-state index contributed by atoms with van der Waals surface area (Å²) < 4.78 is 10.3. The Morgan fingerprint density at radius 2 is 2.29 bits per heavy atom. The maximum atomic E-state index is 5.25. The van der Waals surface area contributed by atoms with Gasteiger partial charge in [0.2, 0.25) is 0 Å². The summed E-state index contributed by atoms with van der Waals surface area (Å²) in [6, 6.07) is 0. The molecule has 0 bridgehead atoms. The van der Waals surface area contributed by atoms with Gasteiger partial charge in [0.05, 0.1) is 13.8 Å². The van der Waals surface area contributed by atoms with Crippen LogP contribution in [0.5, 0.6) is 0 Å². The number of hydrogen-bond donors (Lipinski definition) is 2. The van der Waals surface area contributed by atoms with Crippen LogP contribution in [0.3, 0.4) is 0 Å². The predicted octanol–water partition coefficient (Wildman–Crippen LogP) is 1.08. The van der Waals surface area contributed by atoms with Crippen molar-refractivity contribution in [1.82, 2.24) is 5.32 Å². The van der Waals surface area contributed by atoms with Gasteiger partial charge in [0.25, 0.3) is 0 Å². The smallest absolute Gasteiger partial charge is 0.126 e. The van der Waals surface area contributed by atoms with E-state index in [1.807, 2.05) is 6.92 Å². The molecule has 4 nitrogen and oxygen atoms in total. The van der Waals surface area contributed by atoms with E-state index in [1.165, 1.54) is 0 Å². The fraction of sp³-hybridized carbons (Fsp3) is 0.400. The molecule has 0 saturated heterocycles. The third-order valence-electron chi connectivity index (χ3n) is 1.59. The van der Waals surface area contributed by atoms with E-state index >= 15 is 0 Å². The third-order valence-corrected chi connectivity index (χ3v) is 1.59. The molecule has 0 aromatic rings. The first-order valence-electron chi connectivity index (χ1n) is 4.29. The van der Waals surface area contributed by atoms with E-state index in [-0.39, 0.29) is 12.8 Å². The van der Waals surface area contributed by atoms with Gasteiger partial charge in [-0.3, -0.25) is 0 Å². The molecule has 0 heterocycles. The largest absolute Gasteiger partial charge is 0.498 e. The second-order valence-corrected chi connectivity index (χ2v) is 2.60. The fourth-order valence-corrected chi connectivity index (χ4v) is 0.913. The van der Waals surface area contributed by atoms with Crippen molar-refractivity contribution in [2.75, 3.05) is 13.8 Å². The van der Waals surface area contributed by atoms with Gasteiger partial charge in [0.1, 0.15) is 11.9 Å². The quantitative estimate of drug-likeness (QED) is 0.365. The van der Waals surface area contributed by atoms with Gasteiger partial charge in [-0.05, 0) is 13.1 Å². The maximum absolute atomic E-state index is 5.25. The highest BCUT2D eigenvalue weighted by molar-refractivity contribution is 5.19. The molecule has 0 aromatic carbocycles. The lowest BCUT2D eigenvalue weighted by Crippen LogP contribution is -2.18. The molecular weight excluding hydrogens is 180 g/mol. The van der Waals surface area contributed by atoms with Crippen LogP contribution in [-0.4, -0.2) is 19.9 Å². The Labute approximate surface area is 85.1 Å². The molecule has 0 aliphatic rings. The zero-order chi connectivity index (χ0) is 11.0. The monoisotopic (exact) mass is 198 g/mol. The van der Waals surface area contributed by atoms with Crippen LogP contribution >= 0.6 is 0 Å². The molecule has 0 radical (unpaired) electrons. The lowest BCUT2D eigenvalue weighted by atomic mass is 10.3. The van der Waals surface area contributed by atoms with Crippen molar-refractivity contribution in [1.29, 1.82) is 0 Å². The van der Waals surface area contributed by atoms with Gasteiger partial charge in [-0.15, -0.1) is 0 Å². The third kappa shape index (κ3) is 4.69. The number of ether oxygens (including phenoxy) is 2.